The maximum atomic E-state index is 14.1. The van der Waals surface area contributed by atoms with E-state index in [4.69, 9.17) is 16.3 Å². The van der Waals surface area contributed by atoms with Gasteiger partial charge < -0.3 is 14.7 Å². The lowest BCUT2D eigenvalue weighted by atomic mass is 9.85. The van der Waals surface area contributed by atoms with Crippen LogP contribution in [0.15, 0.2) is 47.6 Å². The summed E-state index contributed by atoms with van der Waals surface area (Å²) in [7, 11) is -3.97. The monoisotopic (exact) mass is 610 g/mol. The molecule has 1 N–H and O–H groups in total. The highest BCUT2D eigenvalue weighted by Gasteiger charge is 2.40. The van der Waals surface area contributed by atoms with E-state index in [0.29, 0.717) is 31.2 Å². The molecule has 0 bridgehead atoms. The summed E-state index contributed by atoms with van der Waals surface area (Å²) < 4.78 is 37.2. The van der Waals surface area contributed by atoms with E-state index in [-0.39, 0.29) is 35.5 Å². The zero-order valence-corrected chi connectivity index (χ0v) is 25.1. The molecule has 2 atom stereocenters. The number of carbonyl (C=O) groups is 1. The SMILES string of the molecule is Cc1ccc([C@H](CC(=O)O)c2ccn3c(C)nnc3c2C)cc1CN1C[C@H]2COCCN2c2ncc(Cl)cc2S1(=O)=O. The molecule has 11 nitrogen and oxygen atoms in total. The van der Waals surface area contributed by atoms with Gasteiger partial charge in [-0.3, -0.25) is 9.20 Å². The molecule has 0 aliphatic carbocycles. The van der Waals surface area contributed by atoms with Gasteiger partial charge >= 0.3 is 5.97 Å². The predicted molar refractivity (Wildman–Crippen MR) is 157 cm³/mol. The Morgan fingerprint density at radius 2 is 2.00 bits per heavy atom. The lowest BCUT2D eigenvalue weighted by Crippen LogP contribution is -2.50. The molecule has 0 unspecified atom stereocenters. The molecule has 0 saturated carbocycles. The summed E-state index contributed by atoms with van der Waals surface area (Å²) in [6.45, 7) is 7.38. The Morgan fingerprint density at radius 1 is 1.19 bits per heavy atom. The average Bonchev–Trinajstić information content (AvgIpc) is 3.30. The van der Waals surface area contributed by atoms with Crippen LogP contribution in [0.4, 0.5) is 5.82 Å². The number of carboxylic acids is 1. The van der Waals surface area contributed by atoms with Crippen LogP contribution in [0.3, 0.4) is 0 Å². The molecule has 1 aromatic carbocycles. The van der Waals surface area contributed by atoms with E-state index in [0.717, 1.165) is 33.6 Å². The van der Waals surface area contributed by atoms with E-state index in [1.807, 2.05) is 60.5 Å². The summed E-state index contributed by atoms with van der Waals surface area (Å²) >= 11 is 6.22. The third-order valence-electron chi connectivity index (χ3n) is 8.25. The smallest absolute Gasteiger partial charge is 0.304 e. The molecule has 5 heterocycles. The maximum absolute atomic E-state index is 14.1. The van der Waals surface area contributed by atoms with Gasteiger partial charge in [0.25, 0.3) is 0 Å². The van der Waals surface area contributed by atoms with Crippen LogP contribution in [0.5, 0.6) is 0 Å². The Morgan fingerprint density at radius 3 is 2.79 bits per heavy atom. The molecule has 1 fully saturated rings. The molecular formula is C29H31ClN6O5S. The molecule has 42 heavy (non-hydrogen) atoms. The summed E-state index contributed by atoms with van der Waals surface area (Å²) in [6.07, 6.45) is 3.18. The third kappa shape index (κ3) is 5.02. The summed E-state index contributed by atoms with van der Waals surface area (Å²) in [6, 6.07) is 8.92. The molecule has 3 aromatic heterocycles. The average molecular weight is 611 g/mol. The number of carboxylic acid groups (broad SMARTS) is 1. The molecule has 2 aliphatic rings. The number of ether oxygens (including phenoxy) is 1. The molecule has 1 saturated heterocycles. The number of hydrogen-bond donors (Lipinski definition) is 1. The molecule has 0 amide bonds. The molecule has 0 spiro atoms. The van der Waals surface area contributed by atoms with Crippen LogP contribution < -0.4 is 4.90 Å². The van der Waals surface area contributed by atoms with Crippen molar-refractivity contribution in [2.45, 2.75) is 50.6 Å². The highest BCUT2D eigenvalue weighted by atomic mass is 35.5. The zero-order valence-electron chi connectivity index (χ0n) is 23.5. The Bertz CT molecular complexity index is 1810. The zero-order chi connectivity index (χ0) is 29.8. The molecule has 220 valence electrons. The minimum absolute atomic E-state index is 0.0736. The van der Waals surface area contributed by atoms with Crippen molar-refractivity contribution in [3.8, 4) is 0 Å². The minimum Gasteiger partial charge on any atom is -0.481 e. The fraction of sp³-hybridized carbons (Fsp3) is 0.379. The Hall–Kier alpha value is -3.58. The summed E-state index contributed by atoms with van der Waals surface area (Å²) in [4.78, 5) is 18.5. The van der Waals surface area contributed by atoms with Crippen molar-refractivity contribution < 1.29 is 23.1 Å². The number of aromatic nitrogens is 4. The lowest BCUT2D eigenvalue weighted by molar-refractivity contribution is -0.137. The Labute approximate surface area is 248 Å². The molecule has 4 aromatic rings. The molecule has 6 rings (SSSR count). The number of benzene rings is 1. The van der Waals surface area contributed by atoms with Gasteiger partial charge in [-0.05, 0) is 60.7 Å². The van der Waals surface area contributed by atoms with Crippen LogP contribution in [-0.4, -0.2) is 75.7 Å². The van der Waals surface area contributed by atoms with Gasteiger partial charge in [-0.15, -0.1) is 10.2 Å². The lowest BCUT2D eigenvalue weighted by Gasteiger charge is -2.36. The standard InChI is InChI=1S/C29H31ClN6O5S/c1-17-4-5-20(25(12-27(37)38)24-6-7-35-19(3)32-33-28(35)18(24)2)10-21(17)14-34-15-23-16-41-9-8-36(23)29-26(42(34,39)40)11-22(30)13-31-29/h4-7,10-11,13,23,25H,8-9,12,14-16H2,1-3H3,(H,37,38)/t23-,25-/m0/s1. The first-order chi connectivity index (χ1) is 20.0. The van der Waals surface area contributed by atoms with Crippen LogP contribution in [0, 0.1) is 20.8 Å². The number of anilines is 1. The van der Waals surface area contributed by atoms with Gasteiger partial charge in [0.1, 0.15) is 16.5 Å². The second-order valence-corrected chi connectivity index (χ2v) is 13.2. The van der Waals surface area contributed by atoms with Crippen molar-refractivity contribution in [2.75, 3.05) is 31.2 Å². The summed E-state index contributed by atoms with van der Waals surface area (Å²) in [5.41, 5.74) is 4.81. The van der Waals surface area contributed by atoms with E-state index in [9.17, 15) is 18.3 Å². The number of aliphatic carboxylic acids is 1. The number of nitrogens with zero attached hydrogens (tertiary/aromatic N) is 6. The third-order valence-corrected chi connectivity index (χ3v) is 10.3. The maximum Gasteiger partial charge on any atom is 0.304 e. The van der Waals surface area contributed by atoms with Crippen LogP contribution in [0.25, 0.3) is 5.65 Å². The van der Waals surface area contributed by atoms with E-state index in [1.165, 1.54) is 16.6 Å². The van der Waals surface area contributed by atoms with E-state index in [1.54, 1.807) is 0 Å². The first-order valence-corrected chi connectivity index (χ1v) is 15.5. The quantitative estimate of drug-likeness (QED) is 0.347. The fourth-order valence-corrected chi connectivity index (χ4v) is 7.82. The highest BCUT2D eigenvalue weighted by Crippen LogP contribution is 2.37. The van der Waals surface area contributed by atoms with Gasteiger partial charge in [0.2, 0.25) is 10.0 Å². The molecular weight excluding hydrogens is 580 g/mol. The Kier molecular flexibility index (Phi) is 7.42. The number of morpholine rings is 1. The van der Waals surface area contributed by atoms with E-state index >= 15 is 0 Å². The molecule has 13 heteroatoms. The number of aryl methyl sites for hydroxylation is 3. The van der Waals surface area contributed by atoms with Crippen LogP contribution in [0.2, 0.25) is 5.02 Å². The van der Waals surface area contributed by atoms with E-state index < -0.39 is 21.9 Å². The minimum atomic E-state index is -3.97. The second-order valence-electron chi connectivity index (χ2n) is 10.9. The van der Waals surface area contributed by atoms with Crippen molar-refractivity contribution in [1.29, 1.82) is 0 Å². The van der Waals surface area contributed by atoms with Gasteiger partial charge in [0.15, 0.2) is 5.65 Å². The number of pyridine rings is 2. The van der Waals surface area contributed by atoms with E-state index in [2.05, 4.69) is 15.2 Å². The van der Waals surface area contributed by atoms with Gasteiger partial charge in [0.05, 0.1) is 30.7 Å². The predicted octanol–water partition coefficient (Wildman–Crippen LogP) is 3.72. The second kappa shape index (κ2) is 10.9. The molecule has 0 radical (unpaired) electrons. The number of rotatable bonds is 6. The van der Waals surface area contributed by atoms with Crippen LogP contribution >= 0.6 is 11.6 Å². The topological polar surface area (TPSA) is 130 Å². The van der Waals surface area contributed by atoms with Crippen molar-refractivity contribution in [3.63, 3.8) is 0 Å². The van der Waals surface area contributed by atoms with Gasteiger partial charge in [-0.25, -0.2) is 13.4 Å². The number of fused-ring (bicyclic) bond motifs is 4. The normalized spacial score (nSPS) is 19.2. The first kappa shape index (κ1) is 28.5. The first-order valence-electron chi connectivity index (χ1n) is 13.7. The van der Waals surface area contributed by atoms with Crippen LogP contribution in [-0.2, 0) is 26.1 Å². The van der Waals surface area contributed by atoms with Gasteiger partial charge in [-0.1, -0.05) is 29.8 Å². The van der Waals surface area contributed by atoms with Gasteiger partial charge in [-0.2, -0.15) is 4.31 Å². The highest BCUT2D eigenvalue weighted by molar-refractivity contribution is 7.89. The van der Waals surface area contributed by atoms with Crippen LogP contribution in [0.1, 0.15) is 46.0 Å². The summed E-state index contributed by atoms with van der Waals surface area (Å²) in [5, 5.41) is 18.6. The fourth-order valence-electron chi connectivity index (χ4n) is 5.97. The van der Waals surface area contributed by atoms with Crippen molar-refractivity contribution in [2.24, 2.45) is 0 Å². The van der Waals surface area contributed by atoms with Crippen molar-refractivity contribution in [1.82, 2.24) is 23.9 Å². The number of halogens is 1. The summed E-state index contributed by atoms with van der Waals surface area (Å²) in [5.74, 6) is -0.287. The van der Waals surface area contributed by atoms with Crippen molar-refractivity contribution >= 4 is 39.1 Å². The molecule has 2 aliphatic heterocycles. The van der Waals surface area contributed by atoms with Gasteiger partial charge in [0, 0.05) is 37.9 Å². The Balaban J connectivity index is 1.41. The largest absolute Gasteiger partial charge is 0.481 e. The number of sulfonamides is 1. The number of hydrogen-bond acceptors (Lipinski definition) is 8. The van der Waals surface area contributed by atoms with Crippen molar-refractivity contribution in [3.05, 3.63) is 81.4 Å².